The van der Waals surface area contributed by atoms with Crippen LogP contribution in [0.25, 0.3) is 0 Å². The third-order valence-electron chi connectivity index (χ3n) is 3.51. The van der Waals surface area contributed by atoms with Crippen LogP contribution in [0.2, 0.25) is 0 Å². The Hall–Kier alpha value is -1.31. The molecule has 0 fully saturated rings. The van der Waals surface area contributed by atoms with Gasteiger partial charge in [0, 0.05) is 12.1 Å². The molecule has 0 aromatic heterocycles. The van der Waals surface area contributed by atoms with E-state index in [1.807, 2.05) is 12.1 Å². The largest absolute Gasteiger partial charge is 0.326 e. The number of benzene rings is 1. The normalized spacial score (nSPS) is 10.6. The summed E-state index contributed by atoms with van der Waals surface area (Å²) in [5, 5.41) is 3.00. The van der Waals surface area contributed by atoms with Crippen molar-refractivity contribution in [3.63, 3.8) is 0 Å². The van der Waals surface area contributed by atoms with Crippen LogP contribution in [-0.4, -0.2) is 5.91 Å². The molecular formula is C18H29NO. The van der Waals surface area contributed by atoms with E-state index in [-0.39, 0.29) is 5.91 Å². The molecule has 0 bridgehead atoms. The van der Waals surface area contributed by atoms with E-state index in [0.717, 1.165) is 12.1 Å². The second kappa shape index (κ2) is 9.57. The van der Waals surface area contributed by atoms with Crippen molar-refractivity contribution in [2.75, 3.05) is 5.32 Å². The molecule has 1 N–H and O–H groups in total. The molecule has 1 rings (SSSR count). The Morgan fingerprint density at radius 1 is 0.900 bits per heavy atom. The second-order valence-corrected chi connectivity index (χ2v) is 5.80. The molecule has 2 heteroatoms. The zero-order valence-electron chi connectivity index (χ0n) is 13.3. The molecule has 0 spiro atoms. The Bertz CT molecular complexity index is 392. The van der Waals surface area contributed by atoms with Gasteiger partial charge in [-0.3, -0.25) is 4.79 Å². The first-order chi connectivity index (χ1) is 9.61. The first kappa shape index (κ1) is 16.7. The molecule has 1 amide bonds. The number of hydrogen-bond acceptors (Lipinski definition) is 1. The predicted octanol–water partition coefficient (Wildman–Crippen LogP) is 5.38. The summed E-state index contributed by atoms with van der Waals surface area (Å²) in [6, 6.07) is 6.16. The maximum absolute atomic E-state index is 11.9. The fourth-order valence-corrected chi connectivity index (χ4v) is 2.51. The highest BCUT2D eigenvalue weighted by Crippen LogP contribution is 2.15. The maximum atomic E-state index is 11.9. The lowest BCUT2D eigenvalue weighted by molar-refractivity contribution is -0.116. The first-order valence-electron chi connectivity index (χ1n) is 8.00. The molecule has 2 nitrogen and oxygen atoms in total. The van der Waals surface area contributed by atoms with Gasteiger partial charge in [-0.05, 0) is 43.5 Å². The lowest BCUT2D eigenvalue weighted by atomic mass is 10.1. The fraction of sp³-hybridized carbons (Fsp3) is 0.611. The number of unbranched alkanes of at least 4 members (excludes halogenated alkanes) is 6. The van der Waals surface area contributed by atoms with E-state index in [1.54, 1.807) is 0 Å². The van der Waals surface area contributed by atoms with E-state index < -0.39 is 0 Å². The van der Waals surface area contributed by atoms with Crippen molar-refractivity contribution < 1.29 is 4.79 Å². The van der Waals surface area contributed by atoms with Crippen molar-refractivity contribution >= 4 is 11.6 Å². The molecule has 0 radical (unpaired) electrons. The fourth-order valence-electron chi connectivity index (χ4n) is 2.51. The van der Waals surface area contributed by atoms with Gasteiger partial charge in [0.2, 0.25) is 5.91 Å². The number of nitrogens with one attached hydrogen (secondary N) is 1. The number of carbonyl (C=O) groups excluding carboxylic acids is 1. The van der Waals surface area contributed by atoms with Gasteiger partial charge < -0.3 is 5.32 Å². The highest BCUT2D eigenvalue weighted by Gasteiger charge is 2.03. The van der Waals surface area contributed by atoms with Crippen molar-refractivity contribution in [2.24, 2.45) is 0 Å². The van der Waals surface area contributed by atoms with Gasteiger partial charge >= 0.3 is 0 Å². The minimum absolute atomic E-state index is 0.142. The summed E-state index contributed by atoms with van der Waals surface area (Å²) in [7, 11) is 0. The van der Waals surface area contributed by atoms with Crippen LogP contribution < -0.4 is 5.32 Å². The van der Waals surface area contributed by atoms with E-state index in [0.29, 0.717) is 6.42 Å². The van der Waals surface area contributed by atoms with E-state index >= 15 is 0 Å². The van der Waals surface area contributed by atoms with Gasteiger partial charge in [-0.2, -0.15) is 0 Å². The van der Waals surface area contributed by atoms with Crippen molar-refractivity contribution in [3.8, 4) is 0 Å². The van der Waals surface area contributed by atoms with E-state index in [4.69, 9.17) is 0 Å². The predicted molar refractivity (Wildman–Crippen MR) is 87.2 cm³/mol. The number of rotatable bonds is 9. The zero-order valence-corrected chi connectivity index (χ0v) is 13.3. The number of aryl methyl sites for hydroxylation is 2. The van der Waals surface area contributed by atoms with Gasteiger partial charge in [0.25, 0.3) is 0 Å². The molecule has 0 atom stereocenters. The summed E-state index contributed by atoms with van der Waals surface area (Å²) in [6.45, 7) is 6.34. The Balaban J connectivity index is 2.17. The Morgan fingerprint density at radius 2 is 1.45 bits per heavy atom. The summed E-state index contributed by atoms with van der Waals surface area (Å²) < 4.78 is 0. The molecule has 112 valence electrons. The molecule has 0 aliphatic rings. The van der Waals surface area contributed by atoms with E-state index in [1.165, 1.54) is 49.7 Å². The van der Waals surface area contributed by atoms with Crippen LogP contribution in [-0.2, 0) is 4.79 Å². The van der Waals surface area contributed by atoms with Crippen LogP contribution in [0.3, 0.4) is 0 Å². The Morgan fingerprint density at radius 3 is 2.05 bits per heavy atom. The highest BCUT2D eigenvalue weighted by molar-refractivity contribution is 5.90. The number of carbonyl (C=O) groups is 1. The SMILES string of the molecule is CCCCCCCCCC(=O)Nc1cc(C)cc(C)c1. The molecule has 0 saturated carbocycles. The van der Waals surface area contributed by atoms with Gasteiger partial charge in [0.15, 0.2) is 0 Å². The van der Waals surface area contributed by atoms with Gasteiger partial charge in [0.05, 0.1) is 0 Å². The average Bonchev–Trinajstić information content (AvgIpc) is 2.36. The Kier molecular flexibility index (Phi) is 8.01. The van der Waals surface area contributed by atoms with Crippen molar-refractivity contribution in [2.45, 2.75) is 72.1 Å². The maximum Gasteiger partial charge on any atom is 0.224 e. The van der Waals surface area contributed by atoms with Gasteiger partial charge in [0.1, 0.15) is 0 Å². The molecule has 20 heavy (non-hydrogen) atoms. The third-order valence-corrected chi connectivity index (χ3v) is 3.51. The quantitative estimate of drug-likeness (QED) is 0.602. The van der Waals surface area contributed by atoms with Crippen LogP contribution in [0.4, 0.5) is 5.69 Å². The van der Waals surface area contributed by atoms with Crippen LogP contribution in [0.1, 0.15) is 69.4 Å². The zero-order chi connectivity index (χ0) is 14.8. The van der Waals surface area contributed by atoms with Crippen molar-refractivity contribution in [3.05, 3.63) is 29.3 Å². The summed E-state index contributed by atoms with van der Waals surface area (Å²) in [5.74, 6) is 0.142. The summed E-state index contributed by atoms with van der Waals surface area (Å²) in [4.78, 5) is 11.9. The topological polar surface area (TPSA) is 29.1 Å². The van der Waals surface area contributed by atoms with Gasteiger partial charge in [-0.25, -0.2) is 0 Å². The number of amides is 1. The van der Waals surface area contributed by atoms with Crippen LogP contribution in [0, 0.1) is 13.8 Å². The van der Waals surface area contributed by atoms with Crippen LogP contribution >= 0.6 is 0 Å². The van der Waals surface area contributed by atoms with Crippen LogP contribution in [0.5, 0.6) is 0 Å². The van der Waals surface area contributed by atoms with Gasteiger partial charge in [-0.15, -0.1) is 0 Å². The minimum atomic E-state index is 0.142. The summed E-state index contributed by atoms with van der Waals surface area (Å²) in [5.41, 5.74) is 3.31. The number of anilines is 1. The third kappa shape index (κ3) is 7.32. The summed E-state index contributed by atoms with van der Waals surface area (Å²) in [6.07, 6.45) is 9.35. The average molecular weight is 275 g/mol. The van der Waals surface area contributed by atoms with Crippen molar-refractivity contribution in [1.29, 1.82) is 0 Å². The molecule has 0 aliphatic carbocycles. The molecular weight excluding hydrogens is 246 g/mol. The smallest absolute Gasteiger partial charge is 0.224 e. The monoisotopic (exact) mass is 275 g/mol. The highest BCUT2D eigenvalue weighted by atomic mass is 16.1. The molecule has 0 saturated heterocycles. The minimum Gasteiger partial charge on any atom is -0.326 e. The van der Waals surface area contributed by atoms with E-state index in [9.17, 15) is 4.79 Å². The second-order valence-electron chi connectivity index (χ2n) is 5.80. The molecule has 1 aromatic carbocycles. The van der Waals surface area contributed by atoms with Crippen molar-refractivity contribution in [1.82, 2.24) is 0 Å². The van der Waals surface area contributed by atoms with Crippen LogP contribution in [0.15, 0.2) is 18.2 Å². The standard InChI is InChI=1S/C18H29NO/c1-4-5-6-7-8-9-10-11-18(20)19-17-13-15(2)12-16(3)14-17/h12-14H,4-11H2,1-3H3,(H,19,20). The molecule has 0 unspecified atom stereocenters. The van der Waals surface area contributed by atoms with Gasteiger partial charge in [-0.1, -0.05) is 51.5 Å². The molecule has 0 heterocycles. The molecule has 1 aromatic rings. The van der Waals surface area contributed by atoms with E-state index in [2.05, 4.69) is 32.2 Å². The Labute approximate surface area is 124 Å². The lowest BCUT2D eigenvalue weighted by Crippen LogP contribution is -2.11. The number of hydrogen-bond donors (Lipinski definition) is 1. The lowest BCUT2D eigenvalue weighted by Gasteiger charge is -2.07. The molecule has 0 aliphatic heterocycles. The first-order valence-corrected chi connectivity index (χ1v) is 8.00. The summed E-state index contributed by atoms with van der Waals surface area (Å²) >= 11 is 0.